The third-order valence-corrected chi connectivity index (χ3v) is 5.02. The van der Waals surface area contributed by atoms with E-state index in [4.69, 9.17) is 0 Å². The lowest BCUT2D eigenvalue weighted by molar-refractivity contribution is -0.132. The molecule has 2 fully saturated rings. The molecule has 1 saturated carbocycles. The van der Waals surface area contributed by atoms with Gasteiger partial charge in [-0.05, 0) is 49.4 Å². The molecule has 1 aliphatic carbocycles. The van der Waals surface area contributed by atoms with Crippen molar-refractivity contribution in [1.82, 2.24) is 10.2 Å². The third-order valence-electron chi connectivity index (χ3n) is 5.02. The lowest BCUT2D eigenvalue weighted by Gasteiger charge is -2.36. The first kappa shape index (κ1) is 18.5. The number of hydrogen-bond donors (Lipinski definition) is 2. The summed E-state index contributed by atoms with van der Waals surface area (Å²) in [7, 11) is 0. The van der Waals surface area contributed by atoms with E-state index in [1.807, 2.05) is 29.2 Å². The molecule has 0 atom stereocenters. The highest BCUT2D eigenvalue weighted by atomic mass is 16.2. The Hall–Kier alpha value is -2.24. The SMILES string of the molecule is CC(C)CCNC(=O)Nc1ccc(N2CCN(C(=O)C3CC3)CC2)cc1. The average Bonchev–Trinajstić information content (AvgIpc) is 3.47. The van der Waals surface area contributed by atoms with Crippen molar-refractivity contribution in [3.63, 3.8) is 0 Å². The van der Waals surface area contributed by atoms with Crippen molar-refractivity contribution in [3.8, 4) is 0 Å². The number of urea groups is 1. The van der Waals surface area contributed by atoms with Crippen molar-refractivity contribution in [2.24, 2.45) is 11.8 Å². The lowest BCUT2D eigenvalue weighted by Crippen LogP contribution is -2.49. The summed E-state index contributed by atoms with van der Waals surface area (Å²) in [5.41, 5.74) is 1.92. The molecular formula is C20H30N4O2. The van der Waals surface area contributed by atoms with Gasteiger partial charge in [0, 0.05) is 50.0 Å². The van der Waals surface area contributed by atoms with Crippen LogP contribution in [0.1, 0.15) is 33.1 Å². The minimum Gasteiger partial charge on any atom is -0.368 e. The zero-order chi connectivity index (χ0) is 18.5. The lowest BCUT2D eigenvalue weighted by atomic mass is 10.1. The monoisotopic (exact) mass is 358 g/mol. The molecule has 0 aromatic heterocycles. The van der Waals surface area contributed by atoms with Gasteiger partial charge < -0.3 is 20.4 Å². The van der Waals surface area contributed by atoms with E-state index in [2.05, 4.69) is 29.4 Å². The molecule has 1 aromatic carbocycles. The Morgan fingerprint density at radius 1 is 1.08 bits per heavy atom. The molecule has 0 unspecified atom stereocenters. The molecule has 3 amide bonds. The first-order chi connectivity index (χ1) is 12.5. The summed E-state index contributed by atoms with van der Waals surface area (Å²) in [6, 6.07) is 7.76. The molecule has 1 aliphatic heterocycles. The maximum absolute atomic E-state index is 12.1. The van der Waals surface area contributed by atoms with Crippen molar-refractivity contribution >= 4 is 23.3 Å². The number of anilines is 2. The van der Waals surface area contributed by atoms with Crippen molar-refractivity contribution in [2.45, 2.75) is 33.1 Å². The molecule has 26 heavy (non-hydrogen) atoms. The zero-order valence-electron chi connectivity index (χ0n) is 15.8. The Labute approximate surface area is 155 Å². The minimum atomic E-state index is -0.161. The summed E-state index contributed by atoms with van der Waals surface area (Å²) >= 11 is 0. The second-order valence-electron chi connectivity index (χ2n) is 7.70. The van der Waals surface area contributed by atoms with Gasteiger partial charge in [0.15, 0.2) is 0 Å². The van der Waals surface area contributed by atoms with Crippen LogP contribution in [0.2, 0.25) is 0 Å². The van der Waals surface area contributed by atoms with Crippen LogP contribution in [0, 0.1) is 11.8 Å². The van der Waals surface area contributed by atoms with Crippen molar-refractivity contribution in [3.05, 3.63) is 24.3 Å². The van der Waals surface area contributed by atoms with Gasteiger partial charge in [-0.15, -0.1) is 0 Å². The standard InChI is InChI=1S/C20H30N4O2/c1-15(2)9-10-21-20(26)22-17-5-7-18(8-6-17)23-11-13-24(14-12-23)19(25)16-3-4-16/h5-8,15-16H,3-4,9-14H2,1-2H3,(H2,21,22,26). The summed E-state index contributed by atoms with van der Waals surface area (Å²) < 4.78 is 0. The molecule has 1 aromatic rings. The van der Waals surface area contributed by atoms with E-state index < -0.39 is 0 Å². The molecular weight excluding hydrogens is 328 g/mol. The Morgan fingerprint density at radius 3 is 2.31 bits per heavy atom. The number of nitrogens with zero attached hydrogens (tertiary/aromatic N) is 2. The number of piperazine rings is 1. The normalized spacial score (nSPS) is 17.3. The van der Waals surface area contributed by atoms with Crippen LogP contribution >= 0.6 is 0 Å². The molecule has 0 bridgehead atoms. The Balaban J connectivity index is 1.44. The van der Waals surface area contributed by atoms with Gasteiger partial charge in [0.1, 0.15) is 0 Å². The van der Waals surface area contributed by atoms with Crippen LogP contribution in [0.15, 0.2) is 24.3 Å². The fourth-order valence-electron chi connectivity index (χ4n) is 3.18. The number of carbonyl (C=O) groups is 2. The average molecular weight is 358 g/mol. The molecule has 6 nitrogen and oxygen atoms in total. The Morgan fingerprint density at radius 2 is 1.73 bits per heavy atom. The van der Waals surface area contributed by atoms with E-state index in [0.29, 0.717) is 24.3 Å². The highest BCUT2D eigenvalue weighted by Crippen LogP contribution is 2.31. The molecule has 6 heteroatoms. The van der Waals surface area contributed by atoms with Gasteiger partial charge in [-0.1, -0.05) is 13.8 Å². The van der Waals surface area contributed by atoms with Gasteiger partial charge >= 0.3 is 6.03 Å². The number of nitrogens with one attached hydrogen (secondary N) is 2. The first-order valence-electron chi connectivity index (χ1n) is 9.71. The van der Waals surface area contributed by atoms with Crippen LogP contribution in [0.25, 0.3) is 0 Å². The Bertz CT molecular complexity index is 617. The molecule has 3 rings (SSSR count). The van der Waals surface area contributed by atoms with Crippen LogP contribution in [-0.4, -0.2) is 49.6 Å². The summed E-state index contributed by atoms with van der Waals surface area (Å²) in [5.74, 6) is 1.22. The molecule has 2 aliphatic rings. The molecule has 1 saturated heterocycles. The van der Waals surface area contributed by atoms with Gasteiger partial charge in [0.25, 0.3) is 0 Å². The highest BCUT2D eigenvalue weighted by Gasteiger charge is 2.34. The highest BCUT2D eigenvalue weighted by molar-refractivity contribution is 5.89. The molecule has 142 valence electrons. The van der Waals surface area contributed by atoms with E-state index >= 15 is 0 Å². The number of hydrogen-bond acceptors (Lipinski definition) is 3. The van der Waals surface area contributed by atoms with Gasteiger partial charge in [-0.3, -0.25) is 4.79 Å². The van der Waals surface area contributed by atoms with Crippen LogP contribution in [0.3, 0.4) is 0 Å². The van der Waals surface area contributed by atoms with Crippen molar-refractivity contribution in [1.29, 1.82) is 0 Å². The zero-order valence-corrected chi connectivity index (χ0v) is 15.8. The summed E-state index contributed by atoms with van der Waals surface area (Å²) in [5, 5.41) is 5.74. The van der Waals surface area contributed by atoms with Gasteiger partial charge in [0.05, 0.1) is 0 Å². The molecule has 2 N–H and O–H groups in total. The maximum atomic E-state index is 12.1. The van der Waals surface area contributed by atoms with Crippen molar-refractivity contribution < 1.29 is 9.59 Å². The minimum absolute atomic E-state index is 0.161. The maximum Gasteiger partial charge on any atom is 0.319 e. The van der Waals surface area contributed by atoms with Crippen LogP contribution in [0.5, 0.6) is 0 Å². The second-order valence-corrected chi connectivity index (χ2v) is 7.70. The summed E-state index contributed by atoms with van der Waals surface area (Å²) in [6.45, 7) is 8.29. The topological polar surface area (TPSA) is 64.7 Å². The van der Waals surface area contributed by atoms with Crippen molar-refractivity contribution in [2.75, 3.05) is 42.9 Å². The van der Waals surface area contributed by atoms with E-state index in [9.17, 15) is 9.59 Å². The smallest absolute Gasteiger partial charge is 0.319 e. The fraction of sp³-hybridized carbons (Fsp3) is 0.600. The third kappa shape index (κ3) is 5.13. The number of benzene rings is 1. The van der Waals surface area contributed by atoms with E-state index in [1.54, 1.807) is 0 Å². The van der Waals surface area contributed by atoms with Gasteiger partial charge in [-0.2, -0.15) is 0 Å². The first-order valence-corrected chi connectivity index (χ1v) is 9.71. The predicted octanol–water partition coefficient (Wildman–Crippen LogP) is 2.91. The summed E-state index contributed by atoms with van der Waals surface area (Å²) in [6.07, 6.45) is 3.11. The van der Waals surface area contributed by atoms with E-state index in [1.165, 1.54) is 0 Å². The number of amides is 3. The largest absolute Gasteiger partial charge is 0.368 e. The van der Waals surface area contributed by atoms with E-state index in [-0.39, 0.29) is 6.03 Å². The quantitative estimate of drug-likeness (QED) is 0.822. The number of carbonyl (C=O) groups excluding carboxylic acids is 2. The second kappa shape index (κ2) is 8.43. The van der Waals surface area contributed by atoms with Gasteiger partial charge in [0.2, 0.25) is 5.91 Å². The van der Waals surface area contributed by atoms with Crippen LogP contribution in [0.4, 0.5) is 16.2 Å². The van der Waals surface area contributed by atoms with E-state index in [0.717, 1.165) is 56.8 Å². The fourth-order valence-corrected chi connectivity index (χ4v) is 3.18. The van der Waals surface area contributed by atoms with Crippen LogP contribution < -0.4 is 15.5 Å². The molecule has 0 spiro atoms. The van der Waals surface area contributed by atoms with Gasteiger partial charge in [-0.25, -0.2) is 4.79 Å². The summed E-state index contributed by atoms with van der Waals surface area (Å²) in [4.78, 5) is 28.3. The predicted molar refractivity (Wildman–Crippen MR) is 104 cm³/mol. The van der Waals surface area contributed by atoms with Crippen LogP contribution in [-0.2, 0) is 4.79 Å². The molecule has 0 radical (unpaired) electrons. The Kier molecular flexibility index (Phi) is 6.01. The number of rotatable bonds is 6. The molecule has 1 heterocycles.